The number of nitrogens with zero attached hydrogens (tertiary/aromatic N) is 1. The van der Waals surface area contributed by atoms with E-state index in [-0.39, 0.29) is 0 Å². The number of amides is 3. The van der Waals surface area contributed by atoms with Gasteiger partial charge in [-0.15, -0.1) is 0 Å². The van der Waals surface area contributed by atoms with Crippen molar-refractivity contribution in [3.8, 4) is 0 Å². The minimum Gasteiger partial charge on any atom is -0.452 e. The van der Waals surface area contributed by atoms with Crippen molar-refractivity contribution in [1.29, 1.82) is 0 Å². The van der Waals surface area contributed by atoms with Gasteiger partial charge in [0.1, 0.15) is 0 Å². The summed E-state index contributed by atoms with van der Waals surface area (Å²) in [5.74, 6) is -1.44. The van der Waals surface area contributed by atoms with Crippen LogP contribution >= 0.6 is 0 Å². The van der Waals surface area contributed by atoms with E-state index in [4.69, 9.17) is 10.5 Å². The van der Waals surface area contributed by atoms with Gasteiger partial charge < -0.3 is 10.5 Å². The molecule has 0 aliphatic rings. The molecular formula is C16H17N3O4. The number of para-hydroxylation sites is 1. The standard InChI is InChI=1S/C16H17N3O4/c1-3-11-14(15(21)23-8-13(20)19-16(17)22)9(2)10-6-4-5-7-12(10)18-11/h4-7H,3,8H2,1-2H3,(H3,17,19,20,22). The molecule has 0 saturated heterocycles. The van der Waals surface area contributed by atoms with Crippen molar-refractivity contribution >= 4 is 28.8 Å². The van der Waals surface area contributed by atoms with Gasteiger partial charge in [-0.25, -0.2) is 9.59 Å². The lowest BCUT2D eigenvalue weighted by atomic mass is 10.0. The summed E-state index contributed by atoms with van der Waals surface area (Å²) < 4.78 is 4.96. The Kier molecular flexibility index (Phi) is 4.90. The van der Waals surface area contributed by atoms with Gasteiger partial charge in [0.15, 0.2) is 6.61 Å². The predicted molar refractivity (Wildman–Crippen MR) is 83.9 cm³/mol. The Balaban J connectivity index is 2.30. The van der Waals surface area contributed by atoms with Crippen molar-refractivity contribution < 1.29 is 19.1 Å². The minimum absolute atomic E-state index is 0.345. The molecule has 7 heteroatoms. The van der Waals surface area contributed by atoms with Crippen LogP contribution in [0.2, 0.25) is 0 Å². The van der Waals surface area contributed by atoms with Crippen molar-refractivity contribution in [2.45, 2.75) is 20.3 Å². The van der Waals surface area contributed by atoms with Crippen molar-refractivity contribution in [3.63, 3.8) is 0 Å². The number of aryl methyl sites for hydroxylation is 2. The highest BCUT2D eigenvalue weighted by Gasteiger charge is 2.20. The summed E-state index contributed by atoms with van der Waals surface area (Å²) in [7, 11) is 0. The van der Waals surface area contributed by atoms with Crippen LogP contribution in [-0.4, -0.2) is 29.5 Å². The Labute approximate surface area is 132 Å². The zero-order valence-electron chi connectivity index (χ0n) is 12.9. The number of hydrogen-bond acceptors (Lipinski definition) is 5. The fraction of sp³-hybridized carbons (Fsp3) is 0.250. The molecule has 120 valence electrons. The van der Waals surface area contributed by atoms with Crippen LogP contribution in [0.3, 0.4) is 0 Å². The number of pyridine rings is 1. The maximum atomic E-state index is 12.3. The largest absolute Gasteiger partial charge is 0.452 e. The summed E-state index contributed by atoms with van der Waals surface area (Å²) in [6.07, 6.45) is 0.545. The van der Waals surface area contributed by atoms with Gasteiger partial charge in [-0.2, -0.15) is 0 Å². The Bertz CT molecular complexity index is 786. The fourth-order valence-electron chi connectivity index (χ4n) is 2.34. The van der Waals surface area contributed by atoms with Gasteiger partial charge in [0.2, 0.25) is 0 Å². The number of nitrogens with one attached hydrogen (secondary N) is 1. The third-order valence-corrected chi connectivity index (χ3v) is 3.36. The molecule has 1 heterocycles. The molecule has 1 aromatic carbocycles. The summed E-state index contributed by atoms with van der Waals surface area (Å²) in [4.78, 5) is 38.7. The summed E-state index contributed by atoms with van der Waals surface area (Å²) >= 11 is 0. The topological polar surface area (TPSA) is 111 Å². The van der Waals surface area contributed by atoms with Crippen LogP contribution in [0.25, 0.3) is 10.9 Å². The number of esters is 1. The van der Waals surface area contributed by atoms with E-state index in [1.807, 2.05) is 43.4 Å². The Morgan fingerprint density at radius 1 is 1.26 bits per heavy atom. The number of primary amides is 1. The Morgan fingerprint density at radius 2 is 1.96 bits per heavy atom. The third-order valence-electron chi connectivity index (χ3n) is 3.36. The summed E-state index contributed by atoms with van der Waals surface area (Å²) in [6, 6.07) is 6.48. The van der Waals surface area contributed by atoms with E-state index in [2.05, 4.69) is 4.98 Å². The van der Waals surface area contributed by atoms with Crippen molar-refractivity contribution in [2.75, 3.05) is 6.61 Å². The SMILES string of the molecule is CCc1nc2ccccc2c(C)c1C(=O)OCC(=O)NC(N)=O. The molecule has 2 rings (SSSR count). The predicted octanol–water partition coefficient (Wildman–Crippen LogP) is 1.46. The zero-order chi connectivity index (χ0) is 17.0. The molecule has 0 atom stereocenters. The molecule has 0 aliphatic carbocycles. The van der Waals surface area contributed by atoms with E-state index < -0.39 is 24.5 Å². The van der Waals surface area contributed by atoms with E-state index in [1.54, 1.807) is 0 Å². The van der Waals surface area contributed by atoms with Crippen LogP contribution in [0.1, 0.15) is 28.5 Å². The fourth-order valence-corrected chi connectivity index (χ4v) is 2.34. The molecule has 0 bridgehead atoms. The van der Waals surface area contributed by atoms with Gasteiger partial charge >= 0.3 is 12.0 Å². The first-order valence-corrected chi connectivity index (χ1v) is 7.08. The van der Waals surface area contributed by atoms with Gasteiger partial charge in [0.25, 0.3) is 5.91 Å². The highest BCUT2D eigenvalue weighted by atomic mass is 16.5. The smallest absolute Gasteiger partial charge is 0.340 e. The second-order valence-electron chi connectivity index (χ2n) is 4.92. The van der Waals surface area contributed by atoms with Crippen molar-refractivity contribution in [2.24, 2.45) is 5.73 Å². The van der Waals surface area contributed by atoms with Crippen molar-refractivity contribution in [1.82, 2.24) is 10.3 Å². The molecule has 0 aliphatic heterocycles. The molecule has 1 aromatic heterocycles. The summed E-state index contributed by atoms with van der Waals surface area (Å²) in [6.45, 7) is 3.10. The second kappa shape index (κ2) is 6.87. The molecule has 7 nitrogen and oxygen atoms in total. The molecule has 2 aromatic rings. The molecular weight excluding hydrogens is 298 g/mol. The highest BCUT2D eigenvalue weighted by Crippen LogP contribution is 2.23. The number of aromatic nitrogens is 1. The number of ether oxygens (including phenoxy) is 1. The van der Waals surface area contributed by atoms with E-state index in [0.29, 0.717) is 17.7 Å². The minimum atomic E-state index is -0.996. The molecule has 23 heavy (non-hydrogen) atoms. The number of nitrogens with two attached hydrogens (primary N) is 1. The molecule has 3 amide bonds. The number of carbonyl (C=O) groups is 3. The molecule has 0 fully saturated rings. The quantitative estimate of drug-likeness (QED) is 0.830. The lowest BCUT2D eigenvalue weighted by molar-refractivity contribution is -0.123. The third kappa shape index (κ3) is 3.63. The number of rotatable bonds is 4. The first kappa shape index (κ1) is 16.4. The average molecular weight is 315 g/mol. The van der Waals surface area contributed by atoms with Crippen LogP contribution in [0, 0.1) is 6.92 Å². The maximum absolute atomic E-state index is 12.3. The Morgan fingerprint density at radius 3 is 2.61 bits per heavy atom. The van der Waals surface area contributed by atoms with Crippen LogP contribution < -0.4 is 11.1 Å². The van der Waals surface area contributed by atoms with Crippen LogP contribution in [0.5, 0.6) is 0 Å². The number of imide groups is 1. The first-order valence-electron chi connectivity index (χ1n) is 7.08. The van der Waals surface area contributed by atoms with Gasteiger partial charge in [0.05, 0.1) is 16.8 Å². The zero-order valence-corrected chi connectivity index (χ0v) is 12.9. The van der Waals surface area contributed by atoms with E-state index in [0.717, 1.165) is 16.5 Å². The number of fused-ring (bicyclic) bond motifs is 1. The van der Waals surface area contributed by atoms with Gasteiger partial charge in [-0.3, -0.25) is 15.1 Å². The monoisotopic (exact) mass is 315 g/mol. The average Bonchev–Trinajstić information content (AvgIpc) is 2.51. The number of benzene rings is 1. The lowest BCUT2D eigenvalue weighted by Crippen LogP contribution is -2.37. The van der Waals surface area contributed by atoms with Crippen molar-refractivity contribution in [3.05, 3.63) is 41.1 Å². The molecule has 0 spiro atoms. The lowest BCUT2D eigenvalue weighted by Gasteiger charge is -2.13. The van der Waals surface area contributed by atoms with Crippen LogP contribution in [0.15, 0.2) is 24.3 Å². The first-order chi connectivity index (χ1) is 10.9. The van der Waals surface area contributed by atoms with E-state index in [9.17, 15) is 14.4 Å². The highest BCUT2D eigenvalue weighted by molar-refractivity contribution is 6.00. The summed E-state index contributed by atoms with van der Waals surface area (Å²) in [5, 5.41) is 2.68. The van der Waals surface area contributed by atoms with Gasteiger partial charge in [-0.1, -0.05) is 25.1 Å². The number of hydrogen-bond donors (Lipinski definition) is 2. The van der Waals surface area contributed by atoms with Gasteiger partial charge in [-0.05, 0) is 25.0 Å². The van der Waals surface area contributed by atoms with Crippen LogP contribution in [-0.2, 0) is 16.0 Å². The molecule has 0 unspecified atom stereocenters. The molecule has 0 saturated carbocycles. The number of carbonyl (C=O) groups excluding carboxylic acids is 3. The normalized spacial score (nSPS) is 10.3. The second-order valence-corrected chi connectivity index (χ2v) is 4.92. The number of urea groups is 1. The van der Waals surface area contributed by atoms with Crippen LogP contribution in [0.4, 0.5) is 4.79 Å². The van der Waals surface area contributed by atoms with E-state index in [1.165, 1.54) is 0 Å². The molecule has 3 N–H and O–H groups in total. The molecule has 0 radical (unpaired) electrons. The van der Waals surface area contributed by atoms with E-state index >= 15 is 0 Å². The van der Waals surface area contributed by atoms with Gasteiger partial charge in [0, 0.05) is 5.39 Å². The Hall–Kier alpha value is -2.96. The summed E-state index contributed by atoms with van der Waals surface area (Å²) in [5.41, 5.74) is 7.31. The maximum Gasteiger partial charge on any atom is 0.340 e.